The van der Waals surface area contributed by atoms with Crippen LogP contribution >= 0.6 is 0 Å². The van der Waals surface area contributed by atoms with Crippen LogP contribution < -0.4 is 4.72 Å². The second-order valence-electron chi connectivity index (χ2n) is 6.81. The molecule has 0 atom stereocenters. The molecule has 1 aliphatic heterocycles. The summed E-state index contributed by atoms with van der Waals surface area (Å²) in [5.74, 6) is -0.341. The van der Waals surface area contributed by atoms with Crippen molar-refractivity contribution in [2.75, 3.05) is 13.1 Å². The van der Waals surface area contributed by atoms with E-state index in [4.69, 9.17) is 0 Å². The van der Waals surface area contributed by atoms with Gasteiger partial charge in [0.1, 0.15) is 10.7 Å². The zero-order valence-electron chi connectivity index (χ0n) is 14.4. The van der Waals surface area contributed by atoms with Crippen LogP contribution in [0.25, 0.3) is 0 Å². The van der Waals surface area contributed by atoms with E-state index in [0.29, 0.717) is 43.8 Å². The summed E-state index contributed by atoms with van der Waals surface area (Å²) in [4.78, 5) is 13.5. The number of nitrogens with zero attached hydrogens (tertiary/aromatic N) is 1. The molecule has 1 fully saturated rings. The third-order valence-electron chi connectivity index (χ3n) is 4.13. The fraction of sp³-hybridized carbons (Fsp3) is 0.588. The van der Waals surface area contributed by atoms with E-state index in [9.17, 15) is 17.6 Å². The normalized spacial score (nSPS) is 16.6. The molecular weight excluding hydrogens is 331 g/mol. The predicted octanol–water partition coefficient (Wildman–Crippen LogP) is 2.45. The second kappa shape index (κ2) is 7.61. The monoisotopic (exact) mass is 356 g/mol. The number of halogens is 1. The molecule has 134 valence electrons. The SMILES string of the molecule is Cc1ccc(F)c(S(=O)(=O)NC2CCN(C(=O)CC(C)C)CC2)c1. The zero-order chi connectivity index (χ0) is 17.9. The van der Waals surface area contributed by atoms with Crippen molar-refractivity contribution < 1.29 is 17.6 Å². The highest BCUT2D eigenvalue weighted by Gasteiger charge is 2.28. The lowest BCUT2D eigenvalue weighted by molar-refractivity contribution is -0.133. The Morgan fingerprint density at radius 2 is 1.96 bits per heavy atom. The van der Waals surface area contributed by atoms with Crippen LogP contribution in [0.15, 0.2) is 23.1 Å². The van der Waals surface area contributed by atoms with Gasteiger partial charge in [-0.25, -0.2) is 17.5 Å². The van der Waals surface area contributed by atoms with Gasteiger partial charge in [0, 0.05) is 25.6 Å². The quantitative estimate of drug-likeness (QED) is 0.881. The van der Waals surface area contributed by atoms with E-state index in [1.54, 1.807) is 11.8 Å². The van der Waals surface area contributed by atoms with Crippen LogP contribution in [-0.2, 0) is 14.8 Å². The lowest BCUT2D eigenvalue weighted by Crippen LogP contribution is -2.46. The van der Waals surface area contributed by atoms with Gasteiger partial charge in [-0.2, -0.15) is 0 Å². The number of rotatable bonds is 5. The Labute approximate surface area is 143 Å². The Balaban J connectivity index is 1.98. The van der Waals surface area contributed by atoms with Crippen molar-refractivity contribution in [3.8, 4) is 0 Å². The van der Waals surface area contributed by atoms with Crippen molar-refractivity contribution in [2.45, 2.75) is 51.0 Å². The minimum absolute atomic E-state index is 0.107. The van der Waals surface area contributed by atoms with Crippen LogP contribution in [-0.4, -0.2) is 38.4 Å². The third kappa shape index (κ3) is 4.77. The third-order valence-corrected chi connectivity index (χ3v) is 5.66. The Kier molecular flexibility index (Phi) is 5.98. The van der Waals surface area contributed by atoms with Crippen molar-refractivity contribution >= 4 is 15.9 Å². The molecular formula is C17H25FN2O3S. The van der Waals surface area contributed by atoms with Gasteiger partial charge in [-0.15, -0.1) is 0 Å². The van der Waals surface area contributed by atoms with Gasteiger partial charge in [0.15, 0.2) is 0 Å². The van der Waals surface area contributed by atoms with Crippen LogP contribution in [0.5, 0.6) is 0 Å². The maximum Gasteiger partial charge on any atom is 0.243 e. The average Bonchev–Trinajstić information content (AvgIpc) is 2.49. The first-order valence-corrected chi connectivity index (χ1v) is 9.73. The lowest BCUT2D eigenvalue weighted by Gasteiger charge is -2.32. The molecule has 0 aliphatic carbocycles. The number of nitrogens with one attached hydrogen (secondary N) is 1. The molecule has 1 heterocycles. The number of carbonyl (C=O) groups excluding carboxylic acids is 1. The van der Waals surface area contributed by atoms with Gasteiger partial charge in [0.25, 0.3) is 0 Å². The number of amides is 1. The fourth-order valence-electron chi connectivity index (χ4n) is 2.82. The summed E-state index contributed by atoms with van der Waals surface area (Å²) >= 11 is 0. The smallest absolute Gasteiger partial charge is 0.243 e. The van der Waals surface area contributed by atoms with Crippen molar-refractivity contribution in [3.63, 3.8) is 0 Å². The molecule has 1 amide bonds. The number of carbonyl (C=O) groups is 1. The number of piperidine rings is 1. The highest BCUT2D eigenvalue weighted by molar-refractivity contribution is 7.89. The van der Waals surface area contributed by atoms with Crippen LogP contribution in [0.1, 0.15) is 38.7 Å². The van der Waals surface area contributed by atoms with Crippen molar-refractivity contribution in [2.24, 2.45) is 5.92 Å². The summed E-state index contributed by atoms with van der Waals surface area (Å²) in [7, 11) is -3.90. The summed E-state index contributed by atoms with van der Waals surface area (Å²) < 4.78 is 41.2. The zero-order valence-corrected chi connectivity index (χ0v) is 15.2. The summed E-state index contributed by atoms with van der Waals surface area (Å²) in [6.07, 6.45) is 1.58. The first-order chi connectivity index (χ1) is 11.2. The molecule has 1 aromatic carbocycles. The lowest BCUT2D eigenvalue weighted by atomic mass is 10.0. The molecule has 1 aliphatic rings. The molecule has 0 saturated carbocycles. The van der Waals surface area contributed by atoms with Gasteiger partial charge in [0.05, 0.1) is 0 Å². The van der Waals surface area contributed by atoms with E-state index in [0.717, 1.165) is 6.07 Å². The average molecular weight is 356 g/mol. The molecule has 0 radical (unpaired) electrons. The fourth-order valence-corrected chi connectivity index (χ4v) is 4.29. The van der Waals surface area contributed by atoms with Crippen molar-refractivity contribution in [1.29, 1.82) is 0 Å². The maximum atomic E-state index is 13.8. The minimum Gasteiger partial charge on any atom is -0.343 e. The standard InChI is InChI=1S/C17H25FN2O3S/c1-12(2)10-17(21)20-8-6-14(7-9-20)19-24(22,23)16-11-13(3)4-5-15(16)18/h4-5,11-12,14,19H,6-10H2,1-3H3. The number of benzene rings is 1. The number of hydrogen-bond acceptors (Lipinski definition) is 3. The summed E-state index contributed by atoms with van der Waals surface area (Å²) in [6.45, 7) is 6.76. The van der Waals surface area contributed by atoms with Gasteiger partial charge in [-0.05, 0) is 43.4 Å². The second-order valence-corrected chi connectivity index (χ2v) is 8.49. The highest BCUT2D eigenvalue weighted by Crippen LogP contribution is 2.19. The van der Waals surface area contributed by atoms with Gasteiger partial charge in [-0.3, -0.25) is 4.79 Å². The molecule has 1 saturated heterocycles. The van der Waals surface area contributed by atoms with E-state index < -0.39 is 15.8 Å². The summed E-state index contributed by atoms with van der Waals surface area (Å²) in [5.41, 5.74) is 0.686. The van der Waals surface area contributed by atoms with E-state index in [1.807, 2.05) is 13.8 Å². The Bertz CT molecular complexity index is 696. The molecule has 0 unspecified atom stereocenters. The van der Waals surface area contributed by atoms with Crippen LogP contribution in [0.2, 0.25) is 0 Å². The topological polar surface area (TPSA) is 66.5 Å². The van der Waals surface area contributed by atoms with E-state index in [2.05, 4.69) is 4.72 Å². The van der Waals surface area contributed by atoms with E-state index in [1.165, 1.54) is 12.1 Å². The molecule has 1 aromatic rings. The van der Waals surface area contributed by atoms with Crippen molar-refractivity contribution in [3.05, 3.63) is 29.6 Å². The molecule has 1 N–H and O–H groups in total. The van der Waals surface area contributed by atoms with E-state index >= 15 is 0 Å². The molecule has 7 heteroatoms. The predicted molar refractivity (Wildman–Crippen MR) is 90.5 cm³/mol. The van der Waals surface area contributed by atoms with Gasteiger partial charge in [0.2, 0.25) is 15.9 Å². The first-order valence-electron chi connectivity index (χ1n) is 8.25. The molecule has 0 aromatic heterocycles. The summed E-state index contributed by atoms with van der Waals surface area (Å²) in [6, 6.07) is 3.75. The molecule has 5 nitrogen and oxygen atoms in total. The number of likely N-dealkylation sites (tertiary alicyclic amines) is 1. The Morgan fingerprint density at radius 3 is 2.54 bits per heavy atom. The highest BCUT2D eigenvalue weighted by atomic mass is 32.2. The van der Waals surface area contributed by atoms with Crippen molar-refractivity contribution in [1.82, 2.24) is 9.62 Å². The maximum absolute atomic E-state index is 13.8. The molecule has 0 bridgehead atoms. The van der Waals surface area contributed by atoms with Gasteiger partial charge in [-0.1, -0.05) is 19.9 Å². The van der Waals surface area contributed by atoms with Gasteiger partial charge < -0.3 is 4.90 Å². The molecule has 0 spiro atoms. The number of sulfonamides is 1. The van der Waals surface area contributed by atoms with Crippen LogP contribution in [0, 0.1) is 18.7 Å². The number of hydrogen-bond donors (Lipinski definition) is 1. The number of aryl methyl sites for hydroxylation is 1. The largest absolute Gasteiger partial charge is 0.343 e. The van der Waals surface area contributed by atoms with Crippen LogP contribution in [0.3, 0.4) is 0 Å². The molecule has 2 rings (SSSR count). The molecule has 24 heavy (non-hydrogen) atoms. The van der Waals surface area contributed by atoms with Gasteiger partial charge >= 0.3 is 0 Å². The van der Waals surface area contributed by atoms with Crippen LogP contribution in [0.4, 0.5) is 4.39 Å². The van der Waals surface area contributed by atoms with E-state index in [-0.39, 0.29) is 16.8 Å². The minimum atomic E-state index is -3.90. The Morgan fingerprint density at radius 1 is 1.33 bits per heavy atom. The first kappa shape index (κ1) is 18.9. The summed E-state index contributed by atoms with van der Waals surface area (Å²) in [5, 5.41) is 0. The Hall–Kier alpha value is -1.47.